The molecule has 3 nitrogen and oxygen atoms in total. The number of hydrogen-bond donors (Lipinski definition) is 0. The molecular weight excluding hydrogens is 211 g/mol. The maximum absolute atomic E-state index is 13.1. The Morgan fingerprint density at radius 1 is 1.57 bits per heavy atom. The van der Waals surface area contributed by atoms with Crippen LogP contribution in [0.5, 0.6) is 0 Å². The molecule has 0 saturated carbocycles. The third-order valence-electron chi connectivity index (χ3n) is 1.62. The molecule has 0 radical (unpaired) electrons. The van der Waals surface area contributed by atoms with Crippen LogP contribution in [-0.4, -0.2) is 19.4 Å². The molecule has 0 spiro atoms. The van der Waals surface area contributed by atoms with Gasteiger partial charge in [0.2, 0.25) is 0 Å². The summed E-state index contributed by atoms with van der Waals surface area (Å²) in [5, 5.41) is -0.111. The largest absolute Gasteiger partial charge is 0.465 e. The van der Waals surface area contributed by atoms with Gasteiger partial charge in [0.1, 0.15) is 5.82 Å². The molecule has 0 amide bonds. The van der Waals surface area contributed by atoms with Crippen LogP contribution in [0.3, 0.4) is 0 Å². The van der Waals surface area contributed by atoms with E-state index < -0.39 is 11.8 Å². The molecule has 0 aliphatic carbocycles. The number of hydrogen-bond acceptors (Lipinski definition) is 3. The zero-order valence-corrected chi connectivity index (χ0v) is 7.97. The average Bonchev–Trinajstić information content (AvgIpc) is 2.16. The molecule has 0 fully saturated rings. The Bertz CT molecular complexity index is 367. The highest BCUT2D eigenvalue weighted by Crippen LogP contribution is 2.20. The summed E-state index contributed by atoms with van der Waals surface area (Å²) in [6.07, 6.45) is 0.290. The van der Waals surface area contributed by atoms with E-state index in [2.05, 4.69) is 4.74 Å². The van der Waals surface area contributed by atoms with Crippen LogP contribution < -0.4 is 0 Å². The third-order valence-corrected chi connectivity index (χ3v) is 1.93. The van der Waals surface area contributed by atoms with E-state index in [1.54, 1.807) is 0 Å². The van der Waals surface area contributed by atoms with Gasteiger partial charge < -0.3 is 4.74 Å². The Morgan fingerprint density at radius 3 is 2.64 bits per heavy atom. The molecule has 0 N–H and O–H groups in total. The molecular formula is C9H6ClFO3. The van der Waals surface area contributed by atoms with Crippen LogP contribution in [0.25, 0.3) is 0 Å². The Labute approximate surface area is 84.4 Å². The summed E-state index contributed by atoms with van der Waals surface area (Å²) in [6.45, 7) is 0. The second-order valence-corrected chi connectivity index (χ2v) is 2.87. The second-order valence-electron chi connectivity index (χ2n) is 2.46. The molecule has 0 unspecified atom stereocenters. The van der Waals surface area contributed by atoms with Crippen molar-refractivity contribution in [2.24, 2.45) is 0 Å². The van der Waals surface area contributed by atoms with E-state index in [4.69, 9.17) is 11.6 Å². The third kappa shape index (κ3) is 1.90. The molecule has 0 saturated heterocycles. The fourth-order valence-electron chi connectivity index (χ4n) is 0.933. The smallest absolute Gasteiger partial charge is 0.338 e. The minimum atomic E-state index is -0.840. The molecule has 5 heteroatoms. The van der Waals surface area contributed by atoms with Gasteiger partial charge in [-0.1, -0.05) is 11.6 Å². The minimum Gasteiger partial charge on any atom is -0.465 e. The molecule has 0 heterocycles. The highest BCUT2D eigenvalue weighted by atomic mass is 35.5. The van der Waals surface area contributed by atoms with Crippen LogP contribution in [0.4, 0.5) is 4.39 Å². The SMILES string of the molecule is COC(=O)c1cc(F)c(C=O)c(Cl)c1. The number of carbonyl (C=O) groups excluding carboxylic acids is 2. The van der Waals surface area contributed by atoms with Crippen LogP contribution in [-0.2, 0) is 4.74 Å². The van der Waals surface area contributed by atoms with Crippen molar-refractivity contribution in [1.29, 1.82) is 0 Å². The van der Waals surface area contributed by atoms with Gasteiger partial charge >= 0.3 is 5.97 Å². The van der Waals surface area contributed by atoms with Gasteiger partial charge in [-0.25, -0.2) is 9.18 Å². The van der Waals surface area contributed by atoms with Crippen molar-refractivity contribution < 1.29 is 18.7 Å². The van der Waals surface area contributed by atoms with Gasteiger partial charge in [0.15, 0.2) is 6.29 Å². The highest BCUT2D eigenvalue weighted by Gasteiger charge is 2.13. The molecule has 1 rings (SSSR count). The Balaban J connectivity index is 3.27. The van der Waals surface area contributed by atoms with Crippen molar-refractivity contribution >= 4 is 23.9 Å². The predicted molar refractivity (Wildman–Crippen MR) is 48.1 cm³/mol. The Kier molecular flexibility index (Phi) is 3.19. The molecule has 0 aliphatic heterocycles. The van der Waals surface area contributed by atoms with Gasteiger partial charge in [0, 0.05) is 0 Å². The van der Waals surface area contributed by atoms with Crippen molar-refractivity contribution in [3.8, 4) is 0 Å². The lowest BCUT2D eigenvalue weighted by Crippen LogP contribution is -2.03. The van der Waals surface area contributed by atoms with E-state index in [0.717, 1.165) is 6.07 Å². The topological polar surface area (TPSA) is 43.4 Å². The summed E-state index contributed by atoms with van der Waals surface area (Å²) >= 11 is 5.56. The summed E-state index contributed by atoms with van der Waals surface area (Å²) in [6, 6.07) is 2.08. The fraction of sp³-hybridized carbons (Fsp3) is 0.111. The van der Waals surface area contributed by atoms with Crippen LogP contribution >= 0.6 is 11.6 Å². The quantitative estimate of drug-likeness (QED) is 0.562. The van der Waals surface area contributed by atoms with Gasteiger partial charge in [-0.2, -0.15) is 0 Å². The molecule has 0 aromatic heterocycles. The number of methoxy groups -OCH3 is 1. The standard InChI is InChI=1S/C9H6ClFO3/c1-14-9(13)5-2-7(10)6(4-12)8(11)3-5/h2-4H,1H3. The highest BCUT2D eigenvalue weighted by molar-refractivity contribution is 6.33. The summed E-state index contributed by atoms with van der Waals surface area (Å²) in [4.78, 5) is 21.3. The van der Waals surface area contributed by atoms with E-state index >= 15 is 0 Å². The molecule has 0 aliphatic rings. The fourth-order valence-corrected chi connectivity index (χ4v) is 1.18. The lowest BCUT2D eigenvalue weighted by molar-refractivity contribution is 0.0600. The summed E-state index contributed by atoms with van der Waals surface area (Å²) < 4.78 is 17.5. The van der Waals surface area contributed by atoms with Crippen molar-refractivity contribution in [2.45, 2.75) is 0 Å². The summed E-state index contributed by atoms with van der Waals surface area (Å²) in [5.41, 5.74) is -0.292. The Morgan fingerprint density at radius 2 is 2.21 bits per heavy atom. The number of carbonyl (C=O) groups is 2. The first-order valence-corrected chi connectivity index (χ1v) is 4.00. The van der Waals surface area contributed by atoms with Crippen molar-refractivity contribution in [3.05, 3.63) is 34.1 Å². The van der Waals surface area contributed by atoms with E-state index in [0.29, 0.717) is 6.29 Å². The van der Waals surface area contributed by atoms with Crippen LogP contribution in [0.1, 0.15) is 20.7 Å². The normalized spacial score (nSPS) is 9.64. The molecule has 0 atom stereocenters. The van der Waals surface area contributed by atoms with Crippen molar-refractivity contribution in [3.63, 3.8) is 0 Å². The summed E-state index contributed by atoms with van der Waals surface area (Å²) in [7, 11) is 1.17. The molecule has 74 valence electrons. The maximum atomic E-state index is 13.1. The summed E-state index contributed by atoms with van der Waals surface area (Å²) in [5.74, 6) is -1.55. The number of benzene rings is 1. The van der Waals surface area contributed by atoms with E-state index in [1.165, 1.54) is 13.2 Å². The average molecular weight is 217 g/mol. The Hall–Kier alpha value is -1.42. The van der Waals surface area contributed by atoms with Gasteiger partial charge in [0.25, 0.3) is 0 Å². The van der Waals surface area contributed by atoms with E-state index in [9.17, 15) is 14.0 Å². The first kappa shape index (κ1) is 10.7. The van der Waals surface area contributed by atoms with E-state index in [-0.39, 0.29) is 16.1 Å². The number of rotatable bonds is 2. The minimum absolute atomic E-state index is 0.0272. The van der Waals surface area contributed by atoms with Gasteiger partial charge in [-0.15, -0.1) is 0 Å². The number of ether oxygens (including phenoxy) is 1. The van der Waals surface area contributed by atoms with E-state index in [1.807, 2.05) is 0 Å². The monoisotopic (exact) mass is 216 g/mol. The zero-order chi connectivity index (χ0) is 10.7. The zero-order valence-electron chi connectivity index (χ0n) is 7.21. The van der Waals surface area contributed by atoms with Crippen molar-refractivity contribution in [1.82, 2.24) is 0 Å². The molecule has 1 aromatic rings. The van der Waals surface area contributed by atoms with Crippen LogP contribution in [0, 0.1) is 5.82 Å². The predicted octanol–water partition coefficient (Wildman–Crippen LogP) is 2.08. The number of halogens is 2. The van der Waals surface area contributed by atoms with Crippen LogP contribution in [0.2, 0.25) is 5.02 Å². The van der Waals surface area contributed by atoms with Gasteiger partial charge in [-0.05, 0) is 12.1 Å². The van der Waals surface area contributed by atoms with Crippen LogP contribution in [0.15, 0.2) is 12.1 Å². The molecule has 1 aromatic carbocycles. The van der Waals surface area contributed by atoms with Crippen molar-refractivity contribution in [2.75, 3.05) is 7.11 Å². The molecule has 14 heavy (non-hydrogen) atoms. The molecule has 0 bridgehead atoms. The van der Waals surface area contributed by atoms with Gasteiger partial charge in [0.05, 0.1) is 23.3 Å². The number of aldehydes is 1. The first-order chi connectivity index (χ1) is 6.60. The van der Waals surface area contributed by atoms with Gasteiger partial charge in [-0.3, -0.25) is 4.79 Å². The number of esters is 1. The lowest BCUT2D eigenvalue weighted by Gasteiger charge is -2.02. The second kappa shape index (κ2) is 4.19. The first-order valence-electron chi connectivity index (χ1n) is 3.62. The lowest BCUT2D eigenvalue weighted by atomic mass is 10.1. The maximum Gasteiger partial charge on any atom is 0.338 e.